The maximum absolute atomic E-state index is 11.3. The van der Waals surface area contributed by atoms with E-state index < -0.39 is 0 Å². The SMILES string of the molecule is CC(C)C(=O)CCC1CSSC1. The van der Waals surface area contributed by atoms with Crippen LogP contribution in [0, 0.1) is 11.8 Å². The van der Waals surface area contributed by atoms with E-state index in [0.29, 0.717) is 5.78 Å². The van der Waals surface area contributed by atoms with Crippen molar-refractivity contribution in [2.24, 2.45) is 11.8 Å². The van der Waals surface area contributed by atoms with Crippen molar-refractivity contribution in [3.63, 3.8) is 0 Å². The lowest BCUT2D eigenvalue weighted by atomic mass is 9.99. The molecule has 0 saturated carbocycles. The first-order valence-electron chi connectivity index (χ1n) is 4.47. The van der Waals surface area contributed by atoms with E-state index in [1.54, 1.807) is 0 Å². The van der Waals surface area contributed by atoms with E-state index in [0.717, 1.165) is 18.8 Å². The van der Waals surface area contributed by atoms with E-state index in [1.807, 2.05) is 35.4 Å². The molecular weight excluding hydrogens is 188 g/mol. The van der Waals surface area contributed by atoms with Crippen LogP contribution < -0.4 is 0 Å². The molecule has 0 N–H and O–H groups in total. The molecule has 0 amide bonds. The Balaban J connectivity index is 2.12. The topological polar surface area (TPSA) is 17.1 Å². The summed E-state index contributed by atoms with van der Waals surface area (Å²) >= 11 is 0. The Labute approximate surface area is 82.5 Å². The monoisotopic (exact) mass is 204 g/mol. The molecule has 0 radical (unpaired) electrons. The zero-order valence-corrected chi connectivity index (χ0v) is 9.34. The fraction of sp³-hybridized carbons (Fsp3) is 0.889. The van der Waals surface area contributed by atoms with Gasteiger partial charge in [-0.2, -0.15) is 0 Å². The van der Waals surface area contributed by atoms with Gasteiger partial charge < -0.3 is 0 Å². The number of hydrogen-bond acceptors (Lipinski definition) is 3. The van der Waals surface area contributed by atoms with Crippen LogP contribution in [0.5, 0.6) is 0 Å². The van der Waals surface area contributed by atoms with Crippen LogP contribution in [0.2, 0.25) is 0 Å². The van der Waals surface area contributed by atoms with Gasteiger partial charge in [-0.15, -0.1) is 0 Å². The summed E-state index contributed by atoms with van der Waals surface area (Å²) in [5.41, 5.74) is 0. The van der Waals surface area contributed by atoms with Gasteiger partial charge in [-0.05, 0) is 12.3 Å². The van der Waals surface area contributed by atoms with Crippen LogP contribution in [0.3, 0.4) is 0 Å². The summed E-state index contributed by atoms with van der Waals surface area (Å²) in [4.78, 5) is 11.3. The molecular formula is C9H16OS2. The highest BCUT2D eigenvalue weighted by atomic mass is 33.1. The second-order valence-electron chi connectivity index (χ2n) is 3.59. The zero-order valence-electron chi connectivity index (χ0n) is 7.71. The molecule has 0 aromatic rings. The summed E-state index contributed by atoms with van der Waals surface area (Å²) in [6.07, 6.45) is 1.90. The molecule has 1 heterocycles. The third-order valence-electron chi connectivity index (χ3n) is 2.13. The standard InChI is InChI=1S/C9H16OS2/c1-7(2)9(10)4-3-8-5-11-12-6-8/h7-8H,3-6H2,1-2H3. The summed E-state index contributed by atoms with van der Waals surface area (Å²) in [7, 11) is 3.90. The number of hydrogen-bond donors (Lipinski definition) is 0. The maximum Gasteiger partial charge on any atom is 0.135 e. The Kier molecular flexibility index (Phi) is 4.51. The fourth-order valence-electron chi connectivity index (χ4n) is 1.14. The quantitative estimate of drug-likeness (QED) is 0.655. The van der Waals surface area contributed by atoms with E-state index in [-0.39, 0.29) is 5.92 Å². The Morgan fingerprint density at radius 1 is 1.42 bits per heavy atom. The predicted octanol–water partition coefficient (Wildman–Crippen LogP) is 3.00. The van der Waals surface area contributed by atoms with Gasteiger partial charge in [0.2, 0.25) is 0 Å². The molecule has 1 rings (SSSR count). The molecule has 0 aliphatic carbocycles. The van der Waals surface area contributed by atoms with Crippen LogP contribution in [0.25, 0.3) is 0 Å². The van der Waals surface area contributed by atoms with E-state index >= 15 is 0 Å². The van der Waals surface area contributed by atoms with Crippen LogP contribution in [0.1, 0.15) is 26.7 Å². The minimum Gasteiger partial charge on any atom is -0.299 e. The number of carbonyl (C=O) groups excluding carboxylic acids is 1. The molecule has 0 spiro atoms. The highest BCUT2D eigenvalue weighted by Crippen LogP contribution is 2.36. The highest BCUT2D eigenvalue weighted by molar-refractivity contribution is 8.77. The first-order valence-corrected chi connectivity index (χ1v) is 6.96. The van der Waals surface area contributed by atoms with E-state index in [1.165, 1.54) is 11.5 Å². The molecule has 1 nitrogen and oxygen atoms in total. The minimum atomic E-state index is 0.228. The van der Waals surface area contributed by atoms with Crippen LogP contribution in [0.15, 0.2) is 0 Å². The van der Waals surface area contributed by atoms with Crippen molar-refractivity contribution in [3.05, 3.63) is 0 Å². The first kappa shape index (κ1) is 10.5. The molecule has 0 bridgehead atoms. The van der Waals surface area contributed by atoms with Crippen molar-refractivity contribution in [1.82, 2.24) is 0 Å². The molecule has 0 aromatic carbocycles. The van der Waals surface area contributed by atoms with Gasteiger partial charge in [0.25, 0.3) is 0 Å². The second-order valence-corrected chi connectivity index (χ2v) is 6.15. The molecule has 0 atom stereocenters. The normalized spacial score (nSPS) is 18.9. The predicted molar refractivity (Wildman–Crippen MR) is 57.5 cm³/mol. The number of rotatable bonds is 4. The van der Waals surface area contributed by atoms with Gasteiger partial charge in [0.1, 0.15) is 5.78 Å². The number of Topliss-reactive ketones (excluding diaryl/α,β-unsaturated/α-hetero) is 1. The highest BCUT2D eigenvalue weighted by Gasteiger charge is 2.18. The van der Waals surface area contributed by atoms with Crippen molar-refractivity contribution in [1.29, 1.82) is 0 Å². The van der Waals surface area contributed by atoms with E-state index in [4.69, 9.17) is 0 Å². The Morgan fingerprint density at radius 2 is 2.00 bits per heavy atom. The molecule has 1 fully saturated rings. The summed E-state index contributed by atoms with van der Waals surface area (Å²) in [6.45, 7) is 3.97. The lowest BCUT2D eigenvalue weighted by Crippen LogP contribution is -2.10. The van der Waals surface area contributed by atoms with Gasteiger partial charge in [-0.1, -0.05) is 35.4 Å². The van der Waals surface area contributed by atoms with Crippen molar-refractivity contribution < 1.29 is 4.79 Å². The van der Waals surface area contributed by atoms with Gasteiger partial charge in [0, 0.05) is 23.8 Å². The summed E-state index contributed by atoms with van der Waals surface area (Å²) in [6, 6.07) is 0. The van der Waals surface area contributed by atoms with Gasteiger partial charge in [0.05, 0.1) is 0 Å². The first-order chi connectivity index (χ1) is 5.70. The van der Waals surface area contributed by atoms with Crippen molar-refractivity contribution in [2.75, 3.05) is 11.5 Å². The van der Waals surface area contributed by atoms with Gasteiger partial charge in [-0.25, -0.2) is 0 Å². The second kappa shape index (κ2) is 5.18. The Hall–Kier alpha value is 0.370. The van der Waals surface area contributed by atoms with Crippen molar-refractivity contribution >= 4 is 27.4 Å². The summed E-state index contributed by atoms with van der Waals surface area (Å²) in [5, 5.41) is 0. The smallest absolute Gasteiger partial charge is 0.135 e. The lowest BCUT2D eigenvalue weighted by molar-refractivity contribution is -0.122. The zero-order chi connectivity index (χ0) is 8.97. The Bertz CT molecular complexity index is 151. The summed E-state index contributed by atoms with van der Waals surface area (Å²) < 4.78 is 0. The van der Waals surface area contributed by atoms with E-state index in [2.05, 4.69) is 0 Å². The fourth-order valence-corrected chi connectivity index (χ4v) is 4.17. The lowest BCUT2D eigenvalue weighted by Gasteiger charge is -2.07. The third-order valence-corrected chi connectivity index (χ3v) is 4.83. The van der Waals surface area contributed by atoms with Crippen molar-refractivity contribution in [2.45, 2.75) is 26.7 Å². The Morgan fingerprint density at radius 3 is 2.50 bits per heavy atom. The molecule has 70 valence electrons. The minimum absolute atomic E-state index is 0.228. The largest absolute Gasteiger partial charge is 0.299 e. The van der Waals surface area contributed by atoms with Crippen molar-refractivity contribution in [3.8, 4) is 0 Å². The third kappa shape index (κ3) is 3.40. The van der Waals surface area contributed by atoms with Gasteiger partial charge >= 0.3 is 0 Å². The van der Waals surface area contributed by atoms with Crippen LogP contribution in [-0.2, 0) is 4.79 Å². The molecule has 1 aliphatic heterocycles. The van der Waals surface area contributed by atoms with Crippen LogP contribution in [-0.4, -0.2) is 17.3 Å². The number of ketones is 1. The van der Waals surface area contributed by atoms with E-state index in [9.17, 15) is 4.79 Å². The molecule has 1 aliphatic rings. The average Bonchev–Trinajstić information content (AvgIpc) is 2.51. The van der Waals surface area contributed by atoms with Gasteiger partial charge in [0.15, 0.2) is 0 Å². The van der Waals surface area contributed by atoms with Crippen LogP contribution >= 0.6 is 21.6 Å². The molecule has 3 heteroatoms. The molecule has 0 unspecified atom stereocenters. The summed E-state index contributed by atoms with van der Waals surface area (Å²) in [5.74, 6) is 3.94. The average molecular weight is 204 g/mol. The number of carbonyl (C=O) groups is 1. The van der Waals surface area contributed by atoms with Crippen LogP contribution in [0.4, 0.5) is 0 Å². The van der Waals surface area contributed by atoms with Gasteiger partial charge in [-0.3, -0.25) is 4.79 Å². The molecule has 12 heavy (non-hydrogen) atoms. The maximum atomic E-state index is 11.3. The molecule has 1 saturated heterocycles. The molecule has 0 aromatic heterocycles.